The Morgan fingerprint density at radius 2 is 2.25 bits per heavy atom. The van der Waals surface area contributed by atoms with Crippen molar-refractivity contribution >= 4 is 21.8 Å². The number of halogens is 1. The van der Waals surface area contributed by atoms with E-state index in [1.807, 2.05) is 25.1 Å². The summed E-state index contributed by atoms with van der Waals surface area (Å²) in [5, 5.41) is 8.46. The average molecular weight is 281 g/mol. The molecule has 1 amide bonds. The van der Waals surface area contributed by atoms with Gasteiger partial charge in [-0.25, -0.2) is 0 Å². The van der Waals surface area contributed by atoms with E-state index in [4.69, 9.17) is 5.26 Å². The van der Waals surface area contributed by atoms with Gasteiger partial charge in [0, 0.05) is 23.6 Å². The third-order valence-electron chi connectivity index (χ3n) is 2.32. The molecule has 0 aliphatic carbocycles. The van der Waals surface area contributed by atoms with Gasteiger partial charge in [0.05, 0.1) is 12.5 Å². The van der Waals surface area contributed by atoms with Gasteiger partial charge in [-0.05, 0) is 30.7 Å². The Kier molecular flexibility index (Phi) is 4.51. The molecular formula is C12H13BrN2O. The summed E-state index contributed by atoms with van der Waals surface area (Å²) in [4.78, 5) is 13.6. The fourth-order valence-electron chi connectivity index (χ4n) is 1.39. The van der Waals surface area contributed by atoms with E-state index < -0.39 is 0 Å². The number of nitriles is 1. The van der Waals surface area contributed by atoms with Crippen LogP contribution in [0.15, 0.2) is 22.7 Å². The first-order chi connectivity index (χ1) is 7.56. The summed E-state index contributed by atoms with van der Waals surface area (Å²) in [5.41, 5.74) is 1.62. The molecule has 3 nitrogen and oxygen atoms in total. The summed E-state index contributed by atoms with van der Waals surface area (Å²) in [6.07, 6.45) is 0.359. The van der Waals surface area contributed by atoms with Crippen LogP contribution < -0.4 is 0 Å². The van der Waals surface area contributed by atoms with Crippen molar-refractivity contribution in [1.82, 2.24) is 4.90 Å². The van der Waals surface area contributed by atoms with Crippen molar-refractivity contribution in [3.8, 4) is 6.07 Å². The smallest absolute Gasteiger partial charge is 0.253 e. The topological polar surface area (TPSA) is 44.1 Å². The highest BCUT2D eigenvalue weighted by Gasteiger charge is 2.13. The van der Waals surface area contributed by atoms with Crippen LogP contribution >= 0.6 is 15.9 Å². The molecule has 0 saturated heterocycles. The van der Waals surface area contributed by atoms with Crippen LogP contribution in [-0.2, 0) is 0 Å². The predicted molar refractivity (Wildman–Crippen MR) is 66.1 cm³/mol. The Bertz CT molecular complexity index is 437. The second kappa shape index (κ2) is 5.66. The molecule has 0 spiro atoms. The van der Waals surface area contributed by atoms with E-state index in [0.717, 1.165) is 10.0 Å². The van der Waals surface area contributed by atoms with Gasteiger partial charge >= 0.3 is 0 Å². The van der Waals surface area contributed by atoms with Crippen molar-refractivity contribution in [3.63, 3.8) is 0 Å². The number of rotatable bonds is 3. The molecular weight excluding hydrogens is 268 g/mol. The lowest BCUT2D eigenvalue weighted by Gasteiger charge is -2.16. The summed E-state index contributed by atoms with van der Waals surface area (Å²) in [7, 11) is 1.71. The van der Waals surface area contributed by atoms with Crippen molar-refractivity contribution in [1.29, 1.82) is 5.26 Å². The normalized spacial score (nSPS) is 9.62. The zero-order chi connectivity index (χ0) is 12.1. The minimum Gasteiger partial charge on any atom is -0.341 e. The van der Waals surface area contributed by atoms with E-state index in [1.54, 1.807) is 18.0 Å². The van der Waals surface area contributed by atoms with Crippen LogP contribution in [0, 0.1) is 18.3 Å². The largest absolute Gasteiger partial charge is 0.341 e. The van der Waals surface area contributed by atoms with E-state index in [9.17, 15) is 4.79 Å². The molecule has 0 aliphatic rings. The second-order valence-corrected chi connectivity index (χ2v) is 4.51. The van der Waals surface area contributed by atoms with Gasteiger partial charge in [-0.2, -0.15) is 5.26 Å². The second-order valence-electron chi connectivity index (χ2n) is 3.59. The van der Waals surface area contributed by atoms with Crippen LogP contribution in [0.5, 0.6) is 0 Å². The van der Waals surface area contributed by atoms with Crippen LogP contribution in [0.2, 0.25) is 0 Å². The average Bonchev–Trinajstić information content (AvgIpc) is 2.25. The molecule has 0 heterocycles. The van der Waals surface area contributed by atoms with Gasteiger partial charge in [-0.3, -0.25) is 4.79 Å². The minimum absolute atomic E-state index is 0.0414. The number of carbonyl (C=O) groups excluding carboxylic acids is 1. The molecule has 0 atom stereocenters. The Hall–Kier alpha value is -1.34. The zero-order valence-corrected chi connectivity index (χ0v) is 10.9. The van der Waals surface area contributed by atoms with E-state index in [-0.39, 0.29) is 5.91 Å². The monoisotopic (exact) mass is 280 g/mol. The molecule has 1 aromatic rings. The van der Waals surface area contributed by atoms with E-state index in [2.05, 4.69) is 15.9 Å². The van der Waals surface area contributed by atoms with Crippen molar-refractivity contribution in [2.24, 2.45) is 0 Å². The van der Waals surface area contributed by atoms with Crippen molar-refractivity contribution in [3.05, 3.63) is 33.8 Å². The molecule has 0 unspecified atom stereocenters. The fourth-order valence-corrected chi connectivity index (χ4v) is 1.87. The predicted octanol–water partition coefficient (Wildman–Crippen LogP) is 2.74. The van der Waals surface area contributed by atoms with Crippen molar-refractivity contribution < 1.29 is 4.79 Å². The van der Waals surface area contributed by atoms with Crippen LogP contribution in [0.3, 0.4) is 0 Å². The highest BCUT2D eigenvalue weighted by atomic mass is 79.9. The quantitative estimate of drug-likeness (QED) is 0.855. The summed E-state index contributed by atoms with van der Waals surface area (Å²) < 4.78 is 0.959. The molecule has 1 rings (SSSR count). The van der Waals surface area contributed by atoms with Gasteiger partial charge in [0.1, 0.15) is 0 Å². The first kappa shape index (κ1) is 12.7. The Labute approximate surface area is 104 Å². The minimum atomic E-state index is -0.0414. The van der Waals surface area contributed by atoms with Crippen molar-refractivity contribution in [2.75, 3.05) is 13.6 Å². The number of benzene rings is 1. The Morgan fingerprint density at radius 1 is 1.56 bits per heavy atom. The Morgan fingerprint density at radius 3 is 2.81 bits per heavy atom. The highest BCUT2D eigenvalue weighted by Crippen LogP contribution is 2.17. The lowest BCUT2D eigenvalue weighted by molar-refractivity contribution is 0.0797. The SMILES string of the molecule is Cc1cc(Br)ccc1C(=O)N(C)CCC#N. The maximum atomic E-state index is 12.0. The number of carbonyl (C=O) groups is 1. The third kappa shape index (κ3) is 3.07. The third-order valence-corrected chi connectivity index (χ3v) is 2.82. The standard InChI is InChI=1S/C12H13BrN2O/c1-9-8-10(13)4-5-11(9)12(16)15(2)7-3-6-14/h4-5,8H,3,7H2,1-2H3. The first-order valence-electron chi connectivity index (χ1n) is 4.95. The molecule has 84 valence electrons. The van der Waals surface area contributed by atoms with Crippen LogP contribution in [0.1, 0.15) is 22.3 Å². The number of hydrogen-bond acceptors (Lipinski definition) is 2. The van der Waals surface area contributed by atoms with Gasteiger partial charge in [-0.15, -0.1) is 0 Å². The number of amides is 1. The number of aryl methyl sites for hydroxylation is 1. The van der Waals surface area contributed by atoms with Gasteiger partial charge in [-0.1, -0.05) is 15.9 Å². The summed E-state index contributed by atoms with van der Waals surface area (Å²) in [6, 6.07) is 7.58. The van der Waals surface area contributed by atoms with Gasteiger partial charge in [0.15, 0.2) is 0 Å². The maximum Gasteiger partial charge on any atom is 0.253 e. The van der Waals surface area contributed by atoms with Crippen LogP contribution in [0.4, 0.5) is 0 Å². The molecule has 1 aromatic carbocycles. The first-order valence-corrected chi connectivity index (χ1v) is 5.74. The molecule has 0 radical (unpaired) electrons. The lowest BCUT2D eigenvalue weighted by Crippen LogP contribution is -2.28. The van der Waals surface area contributed by atoms with E-state index in [1.165, 1.54) is 0 Å². The highest BCUT2D eigenvalue weighted by molar-refractivity contribution is 9.10. The van der Waals surface area contributed by atoms with Gasteiger partial charge in [0.2, 0.25) is 0 Å². The summed E-state index contributed by atoms with van der Waals surface area (Å²) >= 11 is 3.36. The zero-order valence-electron chi connectivity index (χ0n) is 9.33. The summed E-state index contributed by atoms with van der Waals surface area (Å²) in [6.45, 7) is 2.36. The molecule has 0 fully saturated rings. The Balaban J connectivity index is 2.84. The molecule has 0 aliphatic heterocycles. The maximum absolute atomic E-state index is 12.0. The van der Waals surface area contributed by atoms with Gasteiger partial charge < -0.3 is 4.90 Å². The molecule has 0 saturated carbocycles. The van der Waals surface area contributed by atoms with E-state index in [0.29, 0.717) is 18.5 Å². The van der Waals surface area contributed by atoms with Gasteiger partial charge in [0.25, 0.3) is 5.91 Å². The molecule has 0 bridgehead atoms. The van der Waals surface area contributed by atoms with Crippen LogP contribution in [0.25, 0.3) is 0 Å². The number of nitrogens with zero attached hydrogens (tertiary/aromatic N) is 2. The fraction of sp³-hybridized carbons (Fsp3) is 0.333. The molecule has 0 aromatic heterocycles. The molecule has 4 heteroatoms. The lowest BCUT2D eigenvalue weighted by atomic mass is 10.1. The molecule has 0 N–H and O–H groups in total. The van der Waals surface area contributed by atoms with Crippen molar-refractivity contribution in [2.45, 2.75) is 13.3 Å². The van der Waals surface area contributed by atoms with E-state index >= 15 is 0 Å². The molecule has 16 heavy (non-hydrogen) atoms. The summed E-state index contributed by atoms with van der Waals surface area (Å²) in [5.74, 6) is -0.0414. The van der Waals surface area contributed by atoms with Crippen LogP contribution in [-0.4, -0.2) is 24.4 Å². The number of hydrogen-bond donors (Lipinski definition) is 0.